The summed E-state index contributed by atoms with van der Waals surface area (Å²) in [5.41, 5.74) is 19.2. The minimum absolute atomic E-state index is 0.568. The molecule has 4 aliphatic heterocycles. The van der Waals surface area contributed by atoms with Gasteiger partial charge in [0.1, 0.15) is 23.0 Å². The molecule has 8 heterocycles. The van der Waals surface area contributed by atoms with E-state index in [2.05, 4.69) is 259 Å². The molecule has 11 aromatic rings. The van der Waals surface area contributed by atoms with E-state index in [4.69, 9.17) is 18.9 Å². The average Bonchev–Trinajstić information content (AvgIpc) is 3.48. The minimum Gasteiger partial charge on any atom is -0.435 e. The van der Waals surface area contributed by atoms with E-state index in [9.17, 15) is 0 Å². The Kier molecular flexibility index (Phi) is 12.5. The van der Waals surface area contributed by atoms with Crippen molar-refractivity contribution < 1.29 is 37.2 Å². The summed E-state index contributed by atoms with van der Waals surface area (Å²) in [6, 6.07) is 73.9. The third kappa shape index (κ3) is 8.78. The van der Waals surface area contributed by atoms with Crippen molar-refractivity contribution in [3.63, 3.8) is 0 Å². The van der Waals surface area contributed by atoms with Crippen LogP contribution >= 0.6 is 0 Å². The van der Waals surface area contributed by atoms with Crippen LogP contribution in [0.1, 0.15) is 28.2 Å². The Morgan fingerprint density at radius 3 is 1.29 bits per heavy atom. The maximum Gasteiger partial charge on any atom is 0.293 e. The van der Waals surface area contributed by atoms with Crippen molar-refractivity contribution in [2.75, 3.05) is 0 Å². The standard InChI is InChI=1S/C19H16NO.2C17H14NO.C14H14NO/c1-14-7-5-12-18-17-11-6-10-16(15-8-3-2-4-9-15)19(17)21-13-20(14)18;1-12-5-4-7-14-16-10-9-13-6-2-3-8-15(13)18(16)11-19-17(12)14;1-12-5-4-8-16-15-10-9-13-6-2-3-7-14(13)17(15)19-11-18(12)16;1-10-5-3-7-12-13-8-4-6-11(2)15(13)9-16-14(10)12/h2-12H,13H2,1H3;2*2-10H,11H2,1H3;3-8H,9H2,1-2H3/q4*+1. The first-order chi connectivity index (χ1) is 36.8. The molecule has 0 N–H and O–H groups in total. The summed E-state index contributed by atoms with van der Waals surface area (Å²) in [5, 5.41) is 3.65. The van der Waals surface area contributed by atoms with Gasteiger partial charge in [-0.15, -0.1) is 0 Å². The predicted octanol–water partition coefficient (Wildman–Crippen LogP) is 13.5. The molecule has 0 aliphatic carbocycles. The Bertz CT molecular complexity index is 3790. The second kappa shape index (κ2) is 20.0. The summed E-state index contributed by atoms with van der Waals surface area (Å²) in [5.74, 6) is 4.02. The van der Waals surface area contributed by atoms with Gasteiger partial charge < -0.3 is 18.9 Å². The maximum atomic E-state index is 6.08. The van der Waals surface area contributed by atoms with Crippen LogP contribution < -0.4 is 37.2 Å². The van der Waals surface area contributed by atoms with Crippen LogP contribution in [-0.2, 0) is 26.9 Å². The number of para-hydroxylation sites is 4. The molecule has 4 aliphatic rings. The topological polar surface area (TPSA) is 52.4 Å². The van der Waals surface area contributed by atoms with Crippen LogP contribution in [-0.4, -0.2) is 0 Å². The van der Waals surface area contributed by atoms with E-state index in [0.717, 1.165) is 34.1 Å². The van der Waals surface area contributed by atoms with Gasteiger partial charge in [-0.2, -0.15) is 18.3 Å². The first-order valence-corrected chi connectivity index (χ1v) is 25.6. The fraction of sp³-hybridized carbons (Fsp3) is 0.134. The fourth-order valence-electron chi connectivity index (χ4n) is 10.7. The van der Waals surface area contributed by atoms with Crippen molar-refractivity contribution in [1.29, 1.82) is 0 Å². The Balaban J connectivity index is 0.000000102. The van der Waals surface area contributed by atoms with E-state index in [0.29, 0.717) is 26.9 Å². The van der Waals surface area contributed by atoms with Gasteiger partial charge in [0.25, 0.3) is 26.9 Å². The Hall–Kier alpha value is -9.14. The Morgan fingerprint density at radius 2 is 0.693 bits per heavy atom. The van der Waals surface area contributed by atoms with Crippen molar-refractivity contribution >= 4 is 21.7 Å². The van der Waals surface area contributed by atoms with E-state index in [1.807, 2.05) is 6.07 Å². The second-order valence-electron chi connectivity index (χ2n) is 19.4. The van der Waals surface area contributed by atoms with Crippen LogP contribution in [0, 0.1) is 34.6 Å². The average molecular weight is 983 g/mol. The quantitative estimate of drug-likeness (QED) is 0.154. The van der Waals surface area contributed by atoms with Crippen LogP contribution in [0.4, 0.5) is 0 Å². The summed E-state index contributed by atoms with van der Waals surface area (Å²) < 4.78 is 32.7. The van der Waals surface area contributed by atoms with Crippen LogP contribution in [0.15, 0.2) is 212 Å². The maximum absolute atomic E-state index is 6.08. The normalized spacial score (nSPS) is 12.5. The molecule has 4 aromatic heterocycles. The van der Waals surface area contributed by atoms with Crippen molar-refractivity contribution in [2.24, 2.45) is 0 Å². The lowest BCUT2D eigenvalue weighted by Gasteiger charge is -2.19. The van der Waals surface area contributed by atoms with Gasteiger partial charge in [-0.05, 0) is 90.5 Å². The zero-order valence-corrected chi connectivity index (χ0v) is 43.0. The van der Waals surface area contributed by atoms with Gasteiger partial charge in [-0.25, -0.2) is 0 Å². The third-order valence-electron chi connectivity index (χ3n) is 14.7. The van der Waals surface area contributed by atoms with E-state index in [1.54, 1.807) is 0 Å². The molecule has 7 aromatic carbocycles. The number of ether oxygens (including phenoxy) is 4. The first-order valence-electron chi connectivity index (χ1n) is 25.6. The summed E-state index contributed by atoms with van der Waals surface area (Å²) in [6.45, 7) is 12.8. The van der Waals surface area contributed by atoms with E-state index in [1.165, 1.54) is 94.9 Å². The zero-order chi connectivity index (χ0) is 51.0. The molecule has 0 radical (unpaired) electrons. The monoisotopic (exact) mass is 982 g/mol. The number of fused-ring (bicyclic) bond motifs is 16. The Morgan fingerprint density at radius 1 is 0.280 bits per heavy atom. The fourth-order valence-corrected chi connectivity index (χ4v) is 10.7. The molecular weight excluding hydrogens is 925 g/mol. The van der Waals surface area contributed by atoms with Crippen molar-refractivity contribution in [1.82, 2.24) is 0 Å². The number of hydrogen-bond acceptors (Lipinski definition) is 4. The molecular formula is C67H58N4O4+4. The van der Waals surface area contributed by atoms with E-state index < -0.39 is 0 Å². The lowest BCUT2D eigenvalue weighted by molar-refractivity contribution is -0.723. The number of aryl methyl sites for hydroxylation is 5. The molecule has 8 heteroatoms. The minimum atomic E-state index is 0.568. The molecule has 0 unspecified atom stereocenters. The second-order valence-corrected chi connectivity index (χ2v) is 19.4. The SMILES string of the molecule is Cc1cccc2[n+]1COc1c(-c3ccccc3)cccc1-2.Cc1cccc2[n+]1COc1c-2ccc2ccccc12.Cc1cccc2c1OC[n+]1c(C)cccc1-2.Cc1cccc2c1OC[n+]1c-2ccc2ccccc21. The molecule has 0 amide bonds. The lowest BCUT2D eigenvalue weighted by atomic mass is 9.98. The summed E-state index contributed by atoms with van der Waals surface area (Å²) in [6.07, 6.45) is 0. The molecule has 15 rings (SSSR count). The van der Waals surface area contributed by atoms with Crippen LogP contribution in [0.3, 0.4) is 0 Å². The number of benzene rings is 7. The molecule has 0 bridgehead atoms. The van der Waals surface area contributed by atoms with Gasteiger partial charge >= 0.3 is 0 Å². The molecule has 0 spiro atoms. The van der Waals surface area contributed by atoms with Gasteiger partial charge in [-0.3, -0.25) is 0 Å². The molecule has 8 nitrogen and oxygen atoms in total. The van der Waals surface area contributed by atoms with Crippen molar-refractivity contribution in [3.8, 4) is 79.2 Å². The van der Waals surface area contributed by atoms with Gasteiger partial charge in [0.2, 0.25) is 28.3 Å². The lowest BCUT2D eigenvalue weighted by Crippen LogP contribution is -2.44. The zero-order valence-electron chi connectivity index (χ0n) is 43.0. The summed E-state index contributed by atoms with van der Waals surface area (Å²) in [7, 11) is 0. The number of hydrogen-bond donors (Lipinski definition) is 0. The highest BCUT2D eigenvalue weighted by Crippen LogP contribution is 2.41. The molecule has 0 saturated heterocycles. The third-order valence-corrected chi connectivity index (χ3v) is 14.7. The van der Waals surface area contributed by atoms with Gasteiger partial charge in [0.05, 0.1) is 22.3 Å². The molecule has 366 valence electrons. The van der Waals surface area contributed by atoms with Crippen LogP contribution in [0.2, 0.25) is 0 Å². The summed E-state index contributed by atoms with van der Waals surface area (Å²) in [4.78, 5) is 0. The predicted molar refractivity (Wildman–Crippen MR) is 295 cm³/mol. The van der Waals surface area contributed by atoms with Crippen LogP contribution in [0.25, 0.3) is 77.8 Å². The van der Waals surface area contributed by atoms with Gasteiger partial charge in [0, 0.05) is 85.6 Å². The number of rotatable bonds is 1. The molecule has 0 fully saturated rings. The number of nitrogens with zero attached hydrogens (tertiary/aromatic N) is 4. The molecule has 0 saturated carbocycles. The molecule has 0 atom stereocenters. The van der Waals surface area contributed by atoms with Crippen molar-refractivity contribution in [2.45, 2.75) is 61.5 Å². The van der Waals surface area contributed by atoms with Gasteiger partial charge in [0.15, 0.2) is 17.1 Å². The Labute approximate surface area is 438 Å². The number of pyridine rings is 4. The van der Waals surface area contributed by atoms with Crippen molar-refractivity contribution in [3.05, 3.63) is 241 Å². The highest BCUT2D eigenvalue weighted by atomic mass is 16.5. The highest BCUT2D eigenvalue weighted by molar-refractivity contribution is 5.94. The molecule has 75 heavy (non-hydrogen) atoms. The van der Waals surface area contributed by atoms with E-state index >= 15 is 0 Å². The largest absolute Gasteiger partial charge is 0.435 e. The highest BCUT2D eigenvalue weighted by Gasteiger charge is 2.30. The van der Waals surface area contributed by atoms with E-state index in [-0.39, 0.29) is 0 Å². The van der Waals surface area contributed by atoms with Gasteiger partial charge in [-0.1, -0.05) is 109 Å². The smallest absolute Gasteiger partial charge is 0.293 e. The first kappa shape index (κ1) is 46.9. The summed E-state index contributed by atoms with van der Waals surface area (Å²) >= 11 is 0. The van der Waals surface area contributed by atoms with Crippen LogP contribution in [0.5, 0.6) is 23.0 Å². The number of aromatic nitrogens is 4.